The van der Waals surface area contributed by atoms with Crippen molar-refractivity contribution in [3.63, 3.8) is 0 Å². The number of hydrogen-bond donors (Lipinski definition) is 1. The maximum Gasteiger partial charge on any atom is 0.241 e. The molecule has 4 atom stereocenters. The van der Waals surface area contributed by atoms with Gasteiger partial charge in [-0.25, -0.2) is 5.01 Å². The van der Waals surface area contributed by atoms with E-state index in [-0.39, 0.29) is 23.9 Å². The molecule has 23 heavy (non-hydrogen) atoms. The van der Waals surface area contributed by atoms with E-state index in [2.05, 4.69) is 22.3 Å². The molecule has 4 unspecified atom stereocenters. The molecule has 2 amide bonds. The van der Waals surface area contributed by atoms with Crippen LogP contribution in [-0.4, -0.2) is 70.9 Å². The average molecular weight is 320 g/mol. The summed E-state index contributed by atoms with van der Waals surface area (Å²) in [6.07, 6.45) is 6.02. The van der Waals surface area contributed by atoms with E-state index in [0.29, 0.717) is 11.9 Å². The molecule has 1 N–H and O–H groups in total. The molecule has 0 aromatic heterocycles. The van der Waals surface area contributed by atoms with E-state index in [1.165, 1.54) is 0 Å². The highest BCUT2D eigenvalue weighted by Gasteiger charge is 2.51. The quantitative estimate of drug-likeness (QED) is 0.809. The third-order valence-electron chi connectivity index (χ3n) is 6.26. The van der Waals surface area contributed by atoms with Gasteiger partial charge in [0.15, 0.2) is 0 Å². The minimum atomic E-state index is 0.0158. The van der Waals surface area contributed by atoms with E-state index in [4.69, 9.17) is 0 Å². The van der Waals surface area contributed by atoms with Crippen LogP contribution in [0.4, 0.5) is 0 Å². The maximum atomic E-state index is 12.8. The molecule has 0 spiro atoms. The van der Waals surface area contributed by atoms with Gasteiger partial charge in [-0.15, -0.1) is 0 Å². The zero-order chi connectivity index (χ0) is 16.0. The third kappa shape index (κ3) is 2.47. The van der Waals surface area contributed by atoms with E-state index < -0.39 is 0 Å². The lowest BCUT2D eigenvalue weighted by Gasteiger charge is -2.51. The lowest BCUT2D eigenvalue weighted by Crippen LogP contribution is -2.68. The number of fused-ring (bicyclic) bond motifs is 3. The summed E-state index contributed by atoms with van der Waals surface area (Å²) in [6, 6.07) is 0.587. The first-order valence-electron chi connectivity index (χ1n) is 9.31. The van der Waals surface area contributed by atoms with Crippen LogP contribution in [0.15, 0.2) is 0 Å². The van der Waals surface area contributed by atoms with Crippen LogP contribution in [0.3, 0.4) is 0 Å². The fraction of sp³-hybridized carbons (Fsp3) is 0.882. The highest BCUT2D eigenvalue weighted by Crippen LogP contribution is 2.38. The molecule has 0 aromatic carbocycles. The average Bonchev–Trinajstić information content (AvgIpc) is 3.26. The van der Waals surface area contributed by atoms with Gasteiger partial charge >= 0.3 is 0 Å². The zero-order valence-corrected chi connectivity index (χ0v) is 14.0. The van der Waals surface area contributed by atoms with Gasteiger partial charge in [0.05, 0.1) is 0 Å². The Labute approximate surface area is 138 Å². The number of hydrazine groups is 1. The number of carbonyl (C=O) groups is 2. The predicted molar refractivity (Wildman–Crippen MR) is 86.4 cm³/mol. The van der Waals surface area contributed by atoms with Crippen LogP contribution >= 0.6 is 0 Å². The molecular formula is C17H28N4O2. The van der Waals surface area contributed by atoms with E-state index in [1.807, 2.05) is 4.90 Å². The Bertz CT molecular complexity index is 491. The molecule has 128 valence electrons. The van der Waals surface area contributed by atoms with Crippen LogP contribution in [0.5, 0.6) is 0 Å². The number of likely N-dealkylation sites (N-methyl/N-ethyl adjacent to an activating group) is 1. The van der Waals surface area contributed by atoms with Gasteiger partial charge in [0.25, 0.3) is 0 Å². The summed E-state index contributed by atoms with van der Waals surface area (Å²) < 4.78 is 0. The topological polar surface area (TPSA) is 55.9 Å². The summed E-state index contributed by atoms with van der Waals surface area (Å²) in [7, 11) is 0. The molecule has 4 aliphatic rings. The number of likely N-dealkylation sites (tertiary alicyclic amines) is 1. The number of rotatable bonds is 2. The molecule has 3 saturated heterocycles. The van der Waals surface area contributed by atoms with Crippen molar-refractivity contribution < 1.29 is 9.59 Å². The Kier molecular flexibility index (Phi) is 4.05. The summed E-state index contributed by atoms with van der Waals surface area (Å²) in [5.41, 5.74) is 3.42. The zero-order valence-electron chi connectivity index (χ0n) is 14.0. The van der Waals surface area contributed by atoms with Gasteiger partial charge in [-0.3, -0.25) is 15.0 Å². The monoisotopic (exact) mass is 320 g/mol. The Balaban J connectivity index is 1.52. The summed E-state index contributed by atoms with van der Waals surface area (Å²) in [5.74, 6) is 0.698. The Morgan fingerprint density at radius 2 is 1.96 bits per heavy atom. The van der Waals surface area contributed by atoms with Crippen LogP contribution in [0, 0.1) is 5.92 Å². The van der Waals surface area contributed by atoms with Gasteiger partial charge in [-0.2, -0.15) is 0 Å². The van der Waals surface area contributed by atoms with Crippen LogP contribution in [0.25, 0.3) is 0 Å². The number of amides is 2. The molecule has 0 bridgehead atoms. The molecule has 4 rings (SSSR count). The lowest BCUT2D eigenvalue weighted by molar-refractivity contribution is -0.157. The van der Waals surface area contributed by atoms with Crippen molar-refractivity contribution in [2.75, 3.05) is 26.2 Å². The van der Waals surface area contributed by atoms with Crippen molar-refractivity contribution in [1.29, 1.82) is 0 Å². The molecule has 6 nitrogen and oxygen atoms in total. The van der Waals surface area contributed by atoms with Gasteiger partial charge in [0, 0.05) is 44.2 Å². The summed E-state index contributed by atoms with van der Waals surface area (Å²) in [6.45, 7) is 5.58. The predicted octanol–water partition coefficient (Wildman–Crippen LogP) is 0.587. The van der Waals surface area contributed by atoms with E-state index in [0.717, 1.165) is 64.7 Å². The van der Waals surface area contributed by atoms with Crippen LogP contribution in [0.1, 0.15) is 45.4 Å². The normalized spacial score (nSPS) is 37.9. The highest BCUT2D eigenvalue weighted by molar-refractivity contribution is 5.84. The number of piperazine rings is 1. The molecular weight excluding hydrogens is 292 g/mol. The Morgan fingerprint density at radius 1 is 1.17 bits per heavy atom. The van der Waals surface area contributed by atoms with Crippen LogP contribution < -0.4 is 5.43 Å². The molecule has 6 heteroatoms. The molecule has 1 aliphatic carbocycles. The van der Waals surface area contributed by atoms with Gasteiger partial charge in [0.2, 0.25) is 11.8 Å². The smallest absolute Gasteiger partial charge is 0.241 e. The van der Waals surface area contributed by atoms with Crippen molar-refractivity contribution in [3.05, 3.63) is 0 Å². The van der Waals surface area contributed by atoms with Crippen LogP contribution in [0.2, 0.25) is 0 Å². The van der Waals surface area contributed by atoms with Crippen molar-refractivity contribution in [2.24, 2.45) is 5.92 Å². The van der Waals surface area contributed by atoms with Gasteiger partial charge in [-0.05, 0) is 45.4 Å². The molecule has 1 saturated carbocycles. The largest absolute Gasteiger partial charge is 0.342 e. The van der Waals surface area contributed by atoms with Gasteiger partial charge in [0.1, 0.15) is 6.04 Å². The first-order chi connectivity index (χ1) is 11.2. The highest BCUT2D eigenvalue weighted by atomic mass is 16.2. The SMILES string of the molecule is CCN1C(=O)C2CCNN2C2CCC(C(=O)N3CCCC3)CC21. The van der Waals surface area contributed by atoms with Crippen molar-refractivity contribution >= 4 is 11.8 Å². The first kappa shape index (κ1) is 15.4. The molecule has 3 heterocycles. The van der Waals surface area contributed by atoms with Gasteiger partial charge in [-0.1, -0.05) is 0 Å². The second-order valence-corrected chi connectivity index (χ2v) is 7.42. The fourth-order valence-electron chi connectivity index (χ4n) is 5.13. The Hall–Kier alpha value is -1.14. The van der Waals surface area contributed by atoms with Crippen molar-refractivity contribution in [1.82, 2.24) is 20.2 Å². The fourth-order valence-corrected chi connectivity index (χ4v) is 5.13. The third-order valence-corrected chi connectivity index (χ3v) is 6.26. The molecule has 0 aromatic rings. The number of nitrogens with zero attached hydrogens (tertiary/aromatic N) is 3. The van der Waals surface area contributed by atoms with Crippen LogP contribution in [-0.2, 0) is 9.59 Å². The Morgan fingerprint density at radius 3 is 2.70 bits per heavy atom. The summed E-state index contributed by atoms with van der Waals surface area (Å²) in [5, 5.41) is 2.22. The minimum Gasteiger partial charge on any atom is -0.342 e. The number of carbonyl (C=O) groups excluding carboxylic acids is 2. The van der Waals surface area contributed by atoms with E-state index in [9.17, 15) is 9.59 Å². The molecule has 4 fully saturated rings. The second kappa shape index (κ2) is 6.06. The van der Waals surface area contributed by atoms with Crippen molar-refractivity contribution in [2.45, 2.75) is 63.6 Å². The summed E-state index contributed by atoms with van der Waals surface area (Å²) >= 11 is 0. The van der Waals surface area contributed by atoms with Gasteiger partial charge < -0.3 is 9.80 Å². The minimum absolute atomic E-state index is 0.0158. The van der Waals surface area contributed by atoms with E-state index >= 15 is 0 Å². The first-order valence-corrected chi connectivity index (χ1v) is 9.31. The number of nitrogens with one attached hydrogen (secondary N) is 1. The maximum absolute atomic E-state index is 12.8. The number of hydrogen-bond acceptors (Lipinski definition) is 4. The van der Waals surface area contributed by atoms with Crippen molar-refractivity contribution in [3.8, 4) is 0 Å². The standard InChI is InChI=1S/C17H28N4O2/c1-2-20-15-11-12(16(22)19-9-3-4-10-19)5-6-13(15)21-14(17(20)23)7-8-18-21/h12-15,18H,2-11H2,1H3. The summed E-state index contributed by atoms with van der Waals surface area (Å²) in [4.78, 5) is 29.6. The molecule has 0 radical (unpaired) electrons. The lowest BCUT2D eigenvalue weighted by atomic mass is 9.78. The van der Waals surface area contributed by atoms with E-state index in [1.54, 1.807) is 0 Å². The second-order valence-electron chi connectivity index (χ2n) is 7.42. The molecule has 3 aliphatic heterocycles.